The van der Waals surface area contributed by atoms with Gasteiger partial charge in [-0.05, 0) is 36.2 Å². The lowest BCUT2D eigenvalue weighted by Crippen LogP contribution is -1.83. The molecule has 0 aliphatic heterocycles. The van der Waals surface area contributed by atoms with Crippen molar-refractivity contribution in [2.24, 2.45) is 0 Å². The van der Waals surface area contributed by atoms with Crippen molar-refractivity contribution in [2.45, 2.75) is 23.1 Å². The summed E-state index contributed by atoms with van der Waals surface area (Å²) in [5.74, 6) is -0.208. The van der Waals surface area contributed by atoms with E-state index in [1.54, 1.807) is 11.8 Å². The van der Waals surface area contributed by atoms with Crippen LogP contribution in [0.2, 0.25) is 0 Å². The number of halogens is 1. The first-order chi connectivity index (χ1) is 9.28. The number of hydrogen-bond acceptors (Lipinski definition) is 1. The minimum Gasteiger partial charge on any atom is -0.360 e. The van der Waals surface area contributed by atoms with Crippen molar-refractivity contribution in [1.29, 1.82) is 0 Å². The van der Waals surface area contributed by atoms with Crippen LogP contribution in [0.5, 0.6) is 0 Å². The van der Waals surface area contributed by atoms with Crippen LogP contribution in [0.15, 0.2) is 58.5 Å². The Morgan fingerprint density at radius 3 is 2.79 bits per heavy atom. The van der Waals surface area contributed by atoms with E-state index in [0.717, 1.165) is 22.2 Å². The molecule has 0 fully saturated rings. The van der Waals surface area contributed by atoms with Crippen molar-refractivity contribution in [2.75, 3.05) is 0 Å². The second-order valence-electron chi connectivity index (χ2n) is 4.41. The van der Waals surface area contributed by atoms with E-state index < -0.39 is 0 Å². The maximum absolute atomic E-state index is 13.2. The zero-order valence-corrected chi connectivity index (χ0v) is 11.4. The zero-order valence-electron chi connectivity index (χ0n) is 10.6. The minimum atomic E-state index is -0.208. The van der Waals surface area contributed by atoms with Gasteiger partial charge in [-0.3, -0.25) is 0 Å². The van der Waals surface area contributed by atoms with Gasteiger partial charge in [-0.1, -0.05) is 36.9 Å². The zero-order chi connectivity index (χ0) is 13.2. The highest BCUT2D eigenvalue weighted by Crippen LogP contribution is 2.35. The molecule has 0 saturated heterocycles. The van der Waals surface area contributed by atoms with Crippen LogP contribution in [-0.2, 0) is 6.42 Å². The molecule has 0 atom stereocenters. The number of hydrogen-bond donors (Lipinski definition) is 1. The molecule has 3 heteroatoms. The molecule has 0 aliphatic rings. The van der Waals surface area contributed by atoms with Gasteiger partial charge in [0.25, 0.3) is 0 Å². The van der Waals surface area contributed by atoms with Gasteiger partial charge in [-0.2, -0.15) is 0 Å². The Balaban J connectivity index is 2.01. The topological polar surface area (TPSA) is 15.8 Å². The maximum Gasteiger partial charge on any atom is 0.125 e. The van der Waals surface area contributed by atoms with Gasteiger partial charge in [0.2, 0.25) is 0 Å². The van der Waals surface area contributed by atoms with Gasteiger partial charge in [0.15, 0.2) is 0 Å². The number of aryl methyl sites for hydroxylation is 1. The summed E-state index contributed by atoms with van der Waals surface area (Å²) < 4.78 is 13.2. The SMILES string of the molecule is CCc1ccccc1Sc1c[nH]c2cc(F)ccc12. The Morgan fingerprint density at radius 2 is 1.95 bits per heavy atom. The van der Waals surface area contributed by atoms with E-state index in [9.17, 15) is 4.39 Å². The smallest absolute Gasteiger partial charge is 0.125 e. The second-order valence-corrected chi connectivity index (χ2v) is 5.49. The molecule has 3 rings (SSSR count). The number of aromatic nitrogens is 1. The van der Waals surface area contributed by atoms with E-state index in [1.807, 2.05) is 12.3 Å². The molecule has 1 nitrogen and oxygen atoms in total. The van der Waals surface area contributed by atoms with Gasteiger partial charge in [0, 0.05) is 26.9 Å². The summed E-state index contributed by atoms with van der Waals surface area (Å²) in [6.07, 6.45) is 2.96. The van der Waals surface area contributed by atoms with Crippen molar-refractivity contribution < 1.29 is 4.39 Å². The number of nitrogens with one attached hydrogen (secondary N) is 1. The van der Waals surface area contributed by atoms with Crippen LogP contribution in [-0.4, -0.2) is 4.98 Å². The van der Waals surface area contributed by atoms with Crippen LogP contribution in [0.4, 0.5) is 4.39 Å². The van der Waals surface area contributed by atoms with Gasteiger partial charge in [0.05, 0.1) is 0 Å². The summed E-state index contributed by atoms with van der Waals surface area (Å²) in [7, 11) is 0. The fraction of sp³-hybridized carbons (Fsp3) is 0.125. The molecule has 19 heavy (non-hydrogen) atoms. The largest absolute Gasteiger partial charge is 0.360 e. The summed E-state index contributed by atoms with van der Waals surface area (Å²) in [6.45, 7) is 2.16. The van der Waals surface area contributed by atoms with Crippen LogP contribution >= 0.6 is 11.8 Å². The molecule has 0 bridgehead atoms. The van der Waals surface area contributed by atoms with Gasteiger partial charge < -0.3 is 4.98 Å². The number of benzene rings is 2. The third kappa shape index (κ3) is 2.38. The first-order valence-electron chi connectivity index (χ1n) is 6.30. The molecule has 1 heterocycles. The molecule has 2 aromatic carbocycles. The Morgan fingerprint density at radius 1 is 1.11 bits per heavy atom. The summed E-state index contributed by atoms with van der Waals surface area (Å²) >= 11 is 1.73. The number of fused-ring (bicyclic) bond motifs is 1. The molecule has 0 saturated carbocycles. The van der Waals surface area contributed by atoms with Crippen LogP contribution in [0.1, 0.15) is 12.5 Å². The standard InChI is InChI=1S/C16H14FNS/c1-2-11-5-3-4-6-15(11)19-16-10-18-14-9-12(17)7-8-13(14)16/h3-10,18H,2H2,1H3. The van der Waals surface area contributed by atoms with Gasteiger partial charge >= 0.3 is 0 Å². The molecule has 96 valence electrons. The molecule has 0 aliphatic carbocycles. The third-order valence-corrected chi connectivity index (χ3v) is 4.36. The van der Waals surface area contributed by atoms with Crippen molar-refractivity contribution >= 4 is 22.7 Å². The Kier molecular flexibility index (Phi) is 3.30. The first-order valence-corrected chi connectivity index (χ1v) is 7.12. The van der Waals surface area contributed by atoms with Crippen LogP contribution < -0.4 is 0 Å². The Labute approximate surface area is 115 Å². The molecular weight excluding hydrogens is 257 g/mol. The predicted octanol–water partition coefficient (Wildman–Crippen LogP) is 5.02. The summed E-state index contributed by atoms with van der Waals surface area (Å²) in [4.78, 5) is 5.52. The lowest BCUT2D eigenvalue weighted by molar-refractivity contribution is 0.629. The predicted molar refractivity (Wildman–Crippen MR) is 78.2 cm³/mol. The summed E-state index contributed by atoms with van der Waals surface area (Å²) in [5.41, 5.74) is 2.18. The maximum atomic E-state index is 13.2. The van der Waals surface area contributed by atoms with Crippen LogP contribution in [0.3, 0.4) is 0 Å². The molecule has 0 spiro atoms. The highest BCUT2D eigenvalue weighted by Gasteiger charge is 2.08. The lowest BCUT2D eigenvalue weighted by atomic mass is 10.2. The van der Waals surface area contributed by atoms with E-state index >= 15 is 0 Å². The van der Waals surface area contributed by atoms with Crippen molar-refractivity contribution in [3.05, 3.63) is 60.0 Å². The molecule has 1 N–H and O–H groups in total. The highest BCUT2D eigenvalue weighted by molar-refractivity contribution is 7.99. The Bertz CT molecular complexity index is 718. The Hall–Kier alpha value is -1.74. The fourth-order valence-corrected chi connectivity index (χ4v) is 3.30. The van der Waals surface area contributed by atoms with E-state index in [-0.39, 0.29) is 5.82 Å². The molecular formula is C16H14FNS. The van der Waals surface area contributed by atoms with Crippen molar-refractivity contribution in [1.82, 2.24) is 4.98 Å². The second kappa shape index (κ2) is 5.10. The molecule has 0 amide bonds. The molecule has 3 aromatic rings. The number of aromatic amines is 1. The van der Waals surface area contributed by atoms with Gasteiger partial charge in [-0.15, -0.1) is 0 Å². The van der Waals surface area contributed by atoms with Crippen LogP contribution in [0, 0.1) is 5.82 Å². The highest BCUT2D eigenvalue weighted by atomic mass is 32.2. The van der Waals surface area contributed by atoms with Crippen LogP contribution in [0.25, 0.3) is 10.9 Å². The average Bonchev–Trinajstić information content (AvgIpc) is 2.82. The third-order valence-electron chi connectivity index (χ3n) is 3.18. The number of H-pyrrole nitrogens is 1. The first kappa shape index (κ1) is 12.3. The summed E-state index contributed by atoms with van der Waals surface area (Å²) in [6, 6.07) is 13.3. The average molecular weight is 271 g/mol. The van der Waals surface area contributed by atoms with E-state index in [0.29, 0.717) is 0 Å². The van der Waals surface area contributed by atoms with Crippen molar-refractivity contribution in [3.63, 3.8) is 0 Å². The normalized spacial score (nSPS) is 11.1. The lowest BCUT2D eigenvalue weighted by Gasteiger charge is -2.06. The minimum absolute atomic E-state index is 0.208. The summed E-state index contributed by atoms with van der Waals surface area (Å²) in [5, 5.41) is 1.07. The quantitative estimate of drug-likeness (QED) is 0.707. The molecule has 0 unspecified atom stereocenters. The molecule has 1 aromatic heterocycles. The molecule has 0 radical (unpaired) electrons. The monoisotopic (exact) mass is 271 g/mol. The van der Waals surface area contributed by atoms with Gasteiger partial charge in [-0.25, -0.2) is 4.39 Å². The van der Waals surface area contributed by atoms with E-state index in [1.165, 1.54) is 22.6 Å². The number of rotatable bonds is 3. The fourth-order valence-electron chi connectivity index (χ4n) is 2.17. The van der Waals surface area contributed by atoms with E-state index in [4.69, 9.17) is 0 Å². The van der Waals surface area contributed by atoms with E-state index in [2.05, 4.69) is 36.2 Å². The van der Waals surface area contributed by atoms with Gasteiger partial charge in [0.1, 0.15) is 5.82 Å². The van der Waals surface area contributed by atoms with Crippen molar-refractivity contribution in [3.8, 4) is 0 Å².